The van der Waals surface area contributed by atoms with Crippen molar-refractivity contribution in [2.24, 2.45) is 7.05 Å². The second-order valence-corrected chi connectivity index (χ2v) is 10.3. The first kappa shape index (κ1) is 26.0. The van der Waals surface area contributed by atoms with Gasteiger partial charge in [-0.2, -0.15) is 4.31 Å². The number of aromatic nitrogens is 2. The van der Waals surface area contributed by atoms with E-state index < -0.39 is 20.6 Å². The topological polar surface area (TPSA) is 125 Å². The molecule has 192 valence electrons. The predicted octanol–water partition coefficient (Wildman–Crippen LogP) is 3.54. The van der Waals surface area contributed by atoms with Crippen molar-refractivity contribution in [3.63, 3.8) is 0 Å². The highest BCUT2D eigenvalue weighted by atomic mass is 32.2. The minimum Gasteiger partial charge on any atom is -0.494 e. The number of fused-ring (bicyclic) bond motifs is 1. The Balaban J connectivity index is 1.49. The van der Waals surface area contributed by atoms with Crippen LogP contribution in [0.25, 0.3) is 10.9 Å². The van der Waals surface area contributed by atoms with Crippen LogP contribution in [-0.2, 0) is 23.5 Å². The molecule has 0 radical (unpaired) electrons. The number of rotatable bonds is 11. The van der Waals surface area contributed by atoms with Gasteiger partial charge >= 0.3 is 0 Å². The van der Waals surface area contributed by atoms with Gasteiger partial charge in [-0.25, -0.2) is 8.42 Å². The van der Waals surface area contributed by atoms with Crippen LogP contribution in [-0.4, -0.2) is 46.9 Å². The molecule has 0 bridgehead atoms. The van der Waals surface area contributed by atoms with Crippen LogP contribution in [0.1, 0.15) is 12.0 Å². The highest BCUT2D eigenvalue weighted by Crippen LogP contribution is 2.27. The number of aryl methyl sites for hydroxylation is 1. The molecule has 11 heteroatoms. The third-order valence-electron chi connectivity index (χ3n) is 5.97. The SMILES string of the molecule is Cn1c(=O)ccc2cc(OCCCN(CCc3cccnc3)S(=O)(=O)c3ccccc3[N+](=O)[O-])ccc21. The highest BCUT2D eigenvalue weighted by molar-refractivity contribution is 7.89. The van der Waals surface area contributed by atoms with E-state index in [9.17, 15) is 23.3 Å². The molecule has 2 aromatic carbocycles. The lowest BCUT2D eigenvalue weighted by atomic mass is 10.2. The maximum absolute atomic E-state index is 13.5. The summed E-state index contributed by atoms with van der Waals surface area (Å²) in [6, 6.07) is 17.5. The molecular formula is C26H26N4O6S. The van der Waals surface area contributed by atoms with E-state index in [1.807, 2.05) is 12.1 Å². The van der Waals surface area contributed by atoms with Gasteiger partial charge in [0.1, 0.15) is 5.75 Å². The summed E-state index contributed by atoms with van der Waals surface area (Å²) in [4.78, 5) is 26.3. The van der Waals surface area contributed by atoms with Crippen LogP contribution in [0.2, 0.25) is 0 Å². The van der Waals surface area contributed by atoms with Crippen LogP contribution in [0.15, 0.2) is 88.8 Å². The van der Waals surface area contributed by atoms with Gasteiger partial charge in [0, 0.05) is 50.0 Å². The van der Waals surface area contributed by atoms with Crippen LogP contribution in [0, 0.1) is 10.1 Å². The highest BCUT2D eigenvalue weighted by Gasteiger charge is 2.31. The summed E-state index contributed by atoms with van der Waals surface area (Å²) in [6.45, 7) is 0.466. The Labute approximate surface area is 214 Å². The number of ether oxygens (including phenoxy) is 1. The molecule has 0 spiro atoms. The molecule has 0 fully saturated rings. The van der Waals surface area contributed by atoms with Gasteiger partial charge in [0.05, 0.1) is 17.0 Å². The standard InChI is InChI=1S/C26H26N4O6S/c1-28-23-11-10-22(18-21(23)9-12-26(28)31)36-17-5-15-29(16-13-20-6-4-14-27-19-20)37(34,35)25-8-3-2-7-24(25)30(32)33/h2-4,6-12,14,18-19H,5,13,15-17H2,1H3. The number of benzene rings is 2. The summed E-state index contributed by atoms with van der Waals surface area (Å²) in [7, 11) is -2.45. The Bertz CT molecular complexity index is 1570. The van der Waals surface area contributed by atoms with E-state index in [0.29, 0.717) is 18.6 Å². The Morgan fingerprint density at radius 2 is 1.86 bits per heavy atom. The monoisotopic (exact) mass is 522 g/mol. The van der Waals surface area contributed by atoms with Crippen molar-refractivity contribution in [1.82, 2.24) is 13.9 Å². The van der Waals surface area contributed by atoms with Crippen LogP contribution in [0.5, 0.6) is 5.75 Å². The predicted molar refractivity (Wildman–Crippen MR) is 139 cm³/mol. The van der Waals surface area contributed by atoms with Crippen LogP contribution < -0.4 is 10.3 Å². The van der Waals surface area contributed by atoms with Crippen molar-refractivity contribution < 1.29 is 18.1 Å². The van der Waals surface area contributed by atoms with E-state index in [-0.39, 0.29) is 30.2 Å². The second kappa shape index (κ2) is 11.3. The fourth-order valence-corrected chi connectivity index (χ4v) is 5.64. The van der Waals surface area contributed by atoms with Gasteiger partial charge in [-0.3, -0.25) is 19.9 Å². The van der Waals surface area contributed by atoms with E-state index in [1.54, 1.807) is 48.3 Å². The van der Waals surface area contributed by atoms with Crippen LogP contribution in [0.4, 0.5) is 5.69 Å². The molecule has 0 aliphatic carbocycles. The van der Waals surface area contributed by atoms with Crippen molar-refractivity contribution >= 4 is 26.6 Å². The third-order valence-corrected chi connectivity index (χ3v) is 7.92. The molecule has 0 amide bonds. The van der Waals surface area contributed by atoms with Crippen molar-refractivity contribution in [3.8, 4) is 5.75 Å². The summed E-state index contributed by atoms with van der Waals surface area (Å²) >= 11 is 0. The molecule has 0 unspecified atom stereocenters. The van der Waals surface area contributed by atoms with Crippen LogP contribution in [0.3, 0.4) is 0 Å². The van der Waals surface area contributed by atoms with E-state index in [4.69, 9.17) is 4.74 Å². The number of para-hydroxylation sites is 1. The van der Waals surface area contributed by atoms with Gasteiger partial charge in [0.25, 0.3) is 11.2 Å². The number of nitrogens with zero attached hydrogens (tertiary/aromatic N) is 4. The Morgan fingerprint density at radius 1 is 1.05 bits per heavy atom. The van der Waals surface area contributed by atoms with Gasteiger partial charge in [0.2, 0.25) is 10.0 Å². The maximum atomic E-state index is 13.5. The van der Waals surface area contributed by atoms with E-state index in [0.717, 1.165) is 16.5 Å². The van der Waals surface area contributed by atoms with Crippen molar-refractivity contribution in [2.45, 2.75) is 17.7 Å². The van der Waals surface area contributed by atoms with Crippen molar-refractivity contribution in [2.75, 3.05) is 19.7 Å². The lowest BCUT2D eigenvalue weighted by molar-refractivity contribution is -0.387. The third kappa shape index (κ3) is 6.01. The maximum Gasteiger partial charge on any atom is 0.289 e. The molecule has 0 aliphatic heterocycles. The Kier molecular flexibility index (Phi) is 7.95. The zero-order valence-electron chi connectivity index (χ0n) is 20.2. The molecule has 2 aromatic heterocycles. The Morgan fingerprint density at radius 3 is 2.62 bits per heavy atom. The van der Waals surface area contributed by atoms with Gasteiger partial charge in [-0.05, 0) is 54.8 Å². The zero-order valence-corrected chi connectivity index (χ0v) is 21.0. The van der Waals surface area contributed by atoms with Crippen molar-refractivity contribution in [1.29, 1.82) is 0 Å². The molecule has 4 rings (SSSR count). The molecule has 0 saturated carbocycles. The number of nitro groups is 1. The van der Waals surface area contributed by atoms with Gasteiger partial charge in [0.15, 0.2) is 4.90 Å². The minimum absolute atomic E-state index is 0.104. The average Bonchev–Trinajstić information content (AvgIpc) is 2.90. The summed E-state index contributed by atoms with van der Waals surface area (Å²) < 4.78 is 35.6. The molecule has 0 N–H and O–H groups in total. The largest absolute Gasteiger partial charge is 0.494 e. The van der Waals surface area contributed by atoms with E-state index >= 15 is 0 Å². The zero-order chi connectivity index (χ0) is 26.4. The molecule has 0 aliphatic rings. The number of nitro benzene ring substituents is 1. The molecule has 37 heavy (non-hydrogen) atoms. The molecule has 0 saturated heterocycles. The average molecular weight is 523 g/mol. The summed E-state index contributed by atoms with van der Waals surface area (Å²) in [6.07, 6.45) is 4.06. The molecule has 2 heterocycles. The number of pyridine rings is 2. The van der Waals surface area contributed by atoms with Gasteiger partial charge in [-0.1, -0.05) is 18.2 Å². The molecule has 0 atom stereocenters. The van der Waals surface area contributed by atoms with E-state index in [2.05, 4.69) is 4.98 Å². The Hall–Kier alpha value is -4.09. The number of hydrogen-bond acceptors (Lipinski definition) is 7. The fraction of sp³-hybridized carbons (Fsp3) is 0.231. The molecule has 10 nitrogen and oxygen atoms in total. The number of sulfonamides is 1. The molecular weight excluding hydrogens is 496 g/mol. The summed E-state index contributed by atoms with van der Waals surface area (Å²) in [5.41, 5.74) is 1.06. The summed E-state index contributed by atoms with van der Waals surface area (Å²) in [5.74, 6) is 0.592. The van der Waals surface area contributed by atoms with Gasteiger partial charge < -0.3 is 9.30 Å². The number of hydrogen-bond donors (Lipinski definition) is 0. The van der Waals surface area contributed by atoms with Gasteiger partial charge in [-0.15, -0.1) is 0 Å². The fourth-order valence-electron chi connectivity index (χ4n) is 4.00. The van der Waals surface area contributed by atoms with Crippen molar-refractivity contribution in [3.05, 3.63) is 105 Å². The summed E-state index contributed by atoms with van der Waals surface area (Å²) in [5, 5.41) is 12.3. The van der Waals surface area contributed by atoms with Crippen LogP contribution >= 0.6 is 0 Å². The quantitative estimate of drug-likeness (QED) is 0.168. The molecule has 4 aromatic rings. The first-order valence-electron chi connectivity index (χ1n) is 11.6. The first-order chi connectivity index (χ1) is 17.8. The normalized spacial score (nSPS) is 11.6. The second-order valence-electron chi connectivity index (χ2n) is 8.39. The minimum atomic E-state index is -4.15. The first-order valence-corrected chi connectivity index (χ1v) is 13.1. The van der Waals surface area contributed by atoms with E-state index in [1.165, 1.54) is 34.6 Å². The lowest BCUT2D eigenvalue weighted by Crippen LogP contribution is -2.35. The smallest absolute Gasteiger partial charge is 0.289 e. The lowest BCUT2D eigenvalue weighted by Gasteiger charge is -2.22.